The van der Waals surface area contributed by atoms with Crippen LogP contribution in [0.15, 0.2) is 36.5 Å². The molecule has 0 amide bonds. The second kappa shape index (κ2) is 4.44. The summed E-state index contributed by atoms with van der Waals surface area (Å²) in [6.45, 7) is 0. The van der Waals surface area contributed by atoms with E-state index in [0.29, 0.717) is 22.3 Å². The Morgan fingerprint density at radius 2 is 2.05 bits per heavy atom. The summed E-state index contributed by atoms with van der Waals surface area (Å²) in [6.07, 6.45) is 1.78. The number of nitrogen functional groups attached to an aromatic ring is 1. The van der Waals surface area contributed by atoms with E-state index in [2.05, 4.69) is 10.2 Å². The van der Waals surface area contributed by atoms with Crippen LogP contribution >= 0.6 is 11.6 Å². The normalized spacial score (nSPS) is 10.8. The van der Waals surface area contributed by atoms with Crippen LogP contribution in [0.1, 0.15) is 0 Å². The first kappa shape index (κ1) is 11.8. The van der Waals surface area contributed by atoms with Crippen molar-refractivity contribution in [2.75, 3.05) is 12.8 Å². The Morgan fingerprint density at radius 3 is 2.84 bits per heavy atom. The lowest BCUT2D eigenvalue weighted by molar-refractivity contribution is 0.416. The molecule has 0 spiro atoms. The summed E-state index contributed by atoms with van der Waals surface area (Å²) in [7, 11) is 1.59. The Labute approximate surface area is 114 Å². The lowest BCUT2D eigenvalue weighted by Crippen LogP contribution is -1.95. The molecule has 5 nitrogen and oxygen atoms in total. The van der Waals surface area contributed by atoms with Gasteiger partial charge in [-0.1, -0.05) is 11.6 Å². The molecule has 96 valence electrons. The van der Waals surface area contributed by atoms with Gasteiger partial charge in [0.15, 0.2) is 11.5 Å². The van der Waals surface area contributed by atoms with Gasteiger partial charge in [0.05, 0.1) is 12.7 Å². The van der Waals surface area contributed by atoms with Crippen molar-refractivity contribution in [3.8, 4) is 17.1 Å². The molecule has 0 aliphatic carbocycles. The fourth-order valence-corrected chi connectivity index (χ4v) is 2.10. The molecule has 2 heterocycles. The first-order chi connectivity index (χ1) is 9.19. The lowest BCUT2D eigenvalue weighted by atomic mass is 10.2. The average molecular weight is 275 g/mol. The fourth-order valence-electron chi connectivity index (χ4n) is 1.94. The van der Waals surface area contributed by atoms with Crippen LogP contribution in [0.5, 0.6) is 5.75 Å². The maximum absolute atomic E-state index is 5.96. The van der Waals surface area contributed by atoms with Crippen molar-refractivity contribution in [2.45, 2.75) is 0 Å². The van der Waals surface area contributed by atoms with Gasteiger partial charge < -0.3 is 10.5 Å². The Bertz CT molecular complexity index is 753. The summed E-state index contributed by atoms with van der Waals surface area (Å²) in [6, 6.07) is 8.97. The molecule has 0 bridgehead atoms. The Balaban J connectivity index is 2.27. The first-order valence-electron chi connectivity index (χ1n) is 5.63. The molecule has 0 atom stereocenters. The number of halogens is 1. The van der Waals surface area contributed by atoms with Crippen molar-refractivity contribution in [1.82, 2.24) is 14.6 Å². The first-order valence-corrected chi connectivity index (χ1v) is 6.01. The van der Waals surface area contributed by atoms with E-state index >= 15 is 0 Å². The standard InChI is InChI=1S/C13H11ClN4O/c1-19-11-6-8(14)2-4-10(11)13-17-16-12-5-3-9(15)7-18(12)13/h2-7H,15H2,1H3. The van der Waals surface area contributed by atoms with Gasteiger partial charge in [-0.05, 0) is 30.3 Å². The molecule has 0 aliphatic heterocycles. The van der Waals surface area contributed by atoms with Crippen LogP contribution < -0.4 is 10.5 Å². The SMILES string of the molecule is COc1cc(Cl)ccc1-c1nnc2ccc(N)cn12. The molecule has 3 rings (SSSR count). The second-order valence-electron chi connectivity index (χ2n) is 4.06. The van der Waals surface area contributed by atoms with Gasteiger partial charge in [0.1, 0.15) is 5.75 Å². The number of hydrogen-bond acceptors (Lipinski definition) is 4. The molecule has 0 radical (unpaired) electrons. The van der Waals surface area contributed by atoms with E-state index in [4.69, 9.17) is 22.1 Å². The molecule has 0 aliphatic rings. The summed E-state index contributed by atoms with van der Waals surface area (Å²) in [5.41, 5.74) is 7.97. The van der Waals surface area contributed by atoms with Gasteiger partial charge in [-0.15, -0.1) is 10.2 Å². The van der Waals surface area contributed by atoms with Crippen molar-refractivity contribution in [1.29, 1.82) is 0 Å². The molecule has 2 aromatic heterocycles. The maximum Gasteiger partial charge on any atom is 0.172 e. The lowest BCUT2D eigenvalue weighted by Gasteiger charge is -2.07. The predicted molar refractivity (Wildman–Crippen MR) is 74.4 cm³/mol. The predicted octanol–water partition coefficient (Wildman–Crippen LogP) is 2.64. The van der Waals surface area contributed by atoms with Crippen LogP contribution in [0.2, 0.25) is 5.02 Å². The van der Waals surface area contributed by atoms with Gasteiger partial charge >= 0.3 is 0 Å². The van der Waals surface area contributed by atoms with E-state index in [1.54, 1.807) is 31.5 Å². The summed E-state index contributed by atoms with van der Waals surface area (Å²) in [4.78, 5) is 0. The molecule has 2 N–H and O–H groups in total. The minimum atomic E-state index is 0.605. The molecular formula is C13H11ClN4O. The van der Waals surface area contributed by atoms with Crippen molar-refractivity contribution < 1.29 is 4.74 Å². The molecule has 0 fully saturated rings. The number of fused-ring (bicyclic) bond motifs is 1. The minimum absolute atomic E-state index is 0.605. The number of methoxy groups -OCH3 is 1. The molecule has 19 heavy (non-hydrogen) atoms. The van der Waals surface area contributed by atoms with Crippen LogP contribution in [0, 0.1) is 0 Å². The summed E-state index contributed by atoms with van der Waals surface area (Å²) < 4.78 is 7.15. The number of anilines is 1. The van der Waals surface area contributed by atoms with Crippen LogP contribution in [0.25, 0.3) is 17.0 Å². The minimum Gasteiger partial charge on any atom is -0.496 e. The zero-order valence-electron chi connectivity index (χ0n) is 10.2. The van der Waals surface area contributed by atoms with Crippen molar-refractivity contribution >= 4 is 22.9 Å². The van der Waals surface area contributed by atoms with Gasteiger partial charge in [-0.3, -0.25) is 4.40 Å². The maximum atomic E-state index is 5.96. The third-order valence-electron chi connectivity index (χ3n) is 2.83. The highest BCUT2D eigenvalue weighted by Crippen LogP contribution is 2.31. The van der Waals surface area contributed by atoms with E-state index in [0.717, 1.165) is 11.2 Å². The molecule has 0 saturated carbocycles. The molecule has 1 aromatic carbocycles. The van der Waals surface area contributed by atoms with Gasteiger partial charge in [-0.2, -0.15) is 0 Å². The van der Waals surface area contributed by atoms with Crippen molar-refractivity contribution in [3.05, 3.63) is 41.6 Å². The number of benzene rings is 1. The number of rotatable bonds is 2. The number of hydrogen-bond donors (Lipinski definition) is 1. The molecular weight excluding hydrogens is 264 g/mol. The zero-order valence-corrected chi connectivity index (χ0v) is 10.9. The van der Waals surface area contributed by atoms with E-state index < -0.39 is 0 Å². The third-order valence-corrected chi connectivity index (χ3v) is 3.06. The summed E-state index contributed by atoms with van der Waals surface area (Å²) in [5.74, 6) is 1.31. The Morgan fingerprint density at radius 1 is 1.21 bits per heavy atom. The molecule has 3 aromatic rings. The number of nitrogens with two attached hydrogens (primary N) is 1. The van der Waals surface area contributed by atoms with E-state index in [1.807, 2.05) is 16.5 Å². The fraction of sp³-hybridized carbons (Fsp3) is 0.0769. The van der Waals surface area contributed by atoms with Crippen LogP contribution in [-0.2, 0) is 0 Å². The van der Waals surface area contributed by atoms with Crippen LogP contribution in [-0.4, -0.2) is 21.7 Å². The highest BCUT2D eigenvalue weighted by Gasteiger charge is 2.13. The number of ether oxygens (including phenoxy) is 1. The highest BCUT2D eigenvalue weighted by atomic mass is 35.5. The van der Waals surface area contributed by atoms with E-state index in [9.17, 15) is 0 Å². The van der Waals surface area contributed by atoms with Gasteiger partial charge in [0.25, 0.3) is 0 Å². The van der Waals surface area contributed by atoms with E-state index in [-0.39, 0.29) is 0 Å². The van der Waals surface area contributed by atoms with Crippen molar-refractivity contribution in [2.24, 2.45) is 0 Å². The number of aromatic nitrogens is 3. The largest absolute Gasteiger partial charge is 0.496 e. The quantitative estimate of drug-likeness (QED) is 0.780. The number of pyridine rings is 1. The highest BCUT2D eigenvalue weighted by molar-refractivity contribution is 6.30. The zero-order chi connectivity index (χ0) is 13.4. The third kappa shape index (κ3) is 1.98. The van der Waals surface area contributed by atoms with Crippen LogP contribution in [0.3, 0.4) is 0 Å². The summed E-state index contributed by atoms with van der Waals surface area (Å²) in [5, 5.41) is 8.89. The van der Waals surface area contributed by atoms with Gasteiger partial charge in [0.2, 0.25) is 0 Å². The Hall–Kier alpha value is -2.27. The van der Waals surface area contributed by atoms with Gasteiger partial charge in [0, 0.05) is 16.9 Å². The smallest absolute Gasteiger partial charge is 0.172 e. The van der Waals surface area contributed by atoms with E-state index in [1.165, 1.54) is 0 Å². The topological polar surface area (TPSA) is 65.4 Å². The molecule has 6 heteroatoms. The van der Waals surface area contributed by atoms with Crippen LogP contribution in [0.4, 0.5) is 5.69 Å². The Kier molecular flexibility index (Phi) is 2.76. The molecule has 0 unspecified atom stereocenters. The summed E-state index contributed by atoms with van der Waals surface area (Å²) >= 11 is 5.96. The second-order valence-corrected chi connectivity index (χ2v) is 4.50. The molecule has 0 saturated heterocycles. The number of nitrogens with zero attached hydrogens (tertiary/aromatic N) is 3. The van der Waals surface area contributed by atoms with Crippen molar-refractivity contribution in [3.63, 3.8) is 0 Å². The van der Waals surface area contributed by atoms with Gasteiger partial charge in [-0.25, -0.2) is 0 Å². The average Bonchev–Trinajstić information content (AvgIpc) is 2.81. The monoisotopic (exact) mass is 274 g/mol.